The summed E-state index contributed by atoms with van der Waals surface area (Å²) in [7, 11) is 0. The van der Waals surface area contributed by atoms with E-state index in [9.17, 15) is 22.8 Å². The van der Waals surface area contributed by atoms with Crippen LogP contribution < -0.4 is 0 Å². The fourth-order valence-corrected chi connectivity index (χ4v) is 3.40. The molecule has 0 bridgehead atoms. The molecule has 1 aromatic heterocycles. The van der Waals surface area contributed by atoms with E-state index in [1.807, 2.05) is 0 Å². The van der Waals surface area contributed by atoms with Crippen LogP contribution >= 0.6 is 11.6 Å². The second kappa shape index (κ2) is 6.59. The topological polar surface area (TPSA) is 71.9 Å². The molecule has 2 aromatic rings. The van der Waals surface area contributed by atoms with Crippen molar-refractivity contribution in [3.63, 3.8) is 0 Å². The molecule has 2 aliphatic rings. The fraction of sp³-hybridized carbons (Fsp3) is 0.222. The summed E-state index contributed by atoms with van der Waals surface area (Å²) in [6.45, 7) is 0.0519. The Kier molecular flexibility index (Phi) is 4.34. The molecule has 2 atom stereocenters. The first-order valence-electron chi connectivity index (χ1n) is 8.13. The van der Waals surface area contributed by atoms with Crippen LogP contribution in [0.4, 0.5) is 13.2 Å². The van der Waals surface area contributed by atoms with Crippen LogP contribution in [0.3, 0.4) is 0 Å². The van der Waals surface area contributed by atoms with E-state index < -0.39 is 35.6 Å². The van der Waals surface area contributed by atoms with Gasteiger partial charge in [0.05, 0.1) is 17.1 Å². The van der Waals surface area contributed by atoms with Crippen LogP contribution in [0.1, 0.15) is 16.8 Å². The number of carbonyl (C=O) groups excluding carboxylic acids is 2. The number of halogens is 4. The summed E-state index contributed by atoms with van der Waals surface area (Å²) in [4.78, 5) is 35.2. The van der Waals surface area contributed by atoms with E-state index in [2.05, 4.69) is 10.1 Å². The minimum atomic E-state index is -4.61. The maximum absolute atomic E-state index is 12.8. The summed E-state index contributed by atoms with van der Waals surface area (Å²) in [5, 5.41) is 3.37. The first-order valence-corrected chi connectivity index (χ1v) is 8.51. The summed E-state index contributed by atoms with van der Waals surface area (Å²) >= 11 is 5.95. The van der Waals surface area contributed by atoms with Crippen molar-refractivity contribution < 1.29 is 27.6 Å². The highest BCUT2D eigenvalue weighted by atomic mass is 35.5. The van der Waals surface area contributed by atoms with Crippen molar-refractivity contribution in [2.24, 2.45) is 11.1 Å². The molecular formula is C18H11ClF3N3O3. The highest BCUT2D eigenvalue weighted by Crippen LogP contribution is 2.36. The maximum Gasteiger partial charge on any atom is 0.417 e. The number of hydrogen-bond acceptors (Lipinski definition) is 5. The summed E-state index contributed by atoms with van der Waals surface area (Å²) in [6, 6.07) is 9.57. The monoisotopic (exact) mass is 409 g/mol. The van der Waals surface area contributed by atoms with Crippen LogP contribution in [0.25, 0.3) is 0 Å². The molecule has 0 aliphatic carbocycles. The summed E-state index contributed by atoms with van der Waals surface area (Å²) < 4.78 is 38.4. The van der Waals surface area contributed by atoms with Crippen LogP contribution in [-0.2, 0) is 27.1 Å². The average Bonchev–Trinajstić information content (AvgIpc) is 3.18. The number of fused-ring (bicyclic) bond motifs is 1. The van der Waals surface area contributed by atoms with Crippen molar-refractivity contribution in [2.45, 2.75) is 18.8 Å². The number of hydrogen-bond donors (Lipinski definition) is 0. The summed E-state index contributed by atoms with van der Waals surface area (Å²) in [5.41, 5.74) is -0.465. The van der Waals surface area contributed by atoms with Gasteiger partial charge in [-0.2, -0.15) is 13.2 Å². The lowest BCUT2D eigenvalue weighted by Gasteiger charge is -2.15. The Bertz CT molecular complexity index is 995. The maximum atomic E-state index is 12.8. The predicted molar refractivity (Wildman–Crippen MR) is 91.1 cm³/mol. The Morgan fingerprint density at radius 3 is 2.50 bits per heavy atom. The number of pyridine rings is 1. The van der Waals surface area contributed by atoms with Gasteiger partial charge in [-0.25, -0.2) is 0 Å². The first-order chi connectivity index (χ1) is 13.3. The lowest BCUT2D eigenvalue weighted by atomic mass is 9.96. The van der Waals surface area contributed by atoms with Gasteiger partial charge in [-0.15, -0.1) is 0 Å². The predicted octanol–water partition coefficient (Wildman–Crippen LogP) is 3.04. The average molecular weight is 410 g/mol. The molecule has 0 spiro atoms. The van der Waals surface area contributed by atoms with Crippen LogP contribution in [-0.4, -0.2) is 33.5 Å². The number of imide groups is 1. The molecule has 144 valence electrons. The molecule has 3 heterocycles. The number of alkyl halides is 3. The number of nitrogens with zero attached hydrogens (tertiary/aromatic N) is 3. The Labute approximate surface area is 161 Å². The quantitative estimate of drug-likeness (QED) is 0.730. The molecule has 10 heteroatoms. The molecule has 0 radical (unpaired) electrons. The summed E-state index contributed by atoms with van der Waals surface area (Å²) in [5.74, 6) is -2.23. The van der Waals surface area contributed by atoms with Gasteiger partial charge in [0.1, 0.15) is 17.3 Å². The molecule has 4 rings (SSSR count). The Morgan fingerprint density at radius 2 is 1.86 bits per heavy atom. The molecule has 2 unspecified atom stereocenters. The van der Waals surface area contributed by atoms with Crippen molar-refractivity contribution in [2.75, 3.05) is 0 Å². The second-order valence-corrected chi connectivity index (χ2v) is 6.69. The third-order valence-electron chi connectivity index (χ3n) is 4.50. The molecular weight excluding hydrogens is 399 g/mol. The molecule has 6 nitrogen and oxygen atoms in total. The molecule has 1 aromatic carbocycles. The van der Waals surface area contributed by atoms with Gasteiger partial charge in [-0.05, 0) is 11.6 Å². The van der Waals surface area contributed by atoms with Gasteiger partial charge >= 0.3 is 6.18 Å². The van der Waals surface area contributed by atoms with Crippen molar-refractivity contribution in [3.8, 4) is 0 Å². The normalized spacial score (nSPS) is 21.6. The van der Waals surface area contributed by atoms with Gasteiger partial charge in [0, 0.05) is 6.20 Å². The number of carbonyl (C=O) groups is 2. The van der Waals surface area contributed by atoms with Crippen molar-refractivity contribution >= 4 is 29.1 Å². The van der Waals surface area contributed by atoms with Crippen LogP contribution in [0.5, 0.6) is 0 Å². The lowest BCUT2D eigenvalue weighted by Crippen LogP contribution is -2.32. The lowest BCUT2D eigenvalue weighted by molar-refractivity contribution is -0.143. The zero-order chi connectivity index (χ0) is 20.1. The van der Waals surface area contributed by atoms with E-state index in [0.29, 0.717) is 12.3 Å². The Balaban J connectivity index is 1.63. The Hall–Kier alpha value is -2.94. The third-order valence-corrected chi connectivity index (χ3v) is 4.79. The molecule has 0 N–H and O–H groups in total. The smallest absolute Gasteiger partial charge is 0.381 e. The van der Waals surface area contributed by atoms with Gasteiger partial charge < -0.3 is 4.84 Å². The number of aromatic nitrogens is 1. The van der Waals surface area contributed by atoms with Gasteiger partial charge in [0.15, 0.2) is 0 Å². The number of likely N-dealkylation sites (tertiary alicyclic amines) is 1. The number of benzene rings is 1. The van der Waals surface area contributed by atoms with Crippen LogP contribution in [0.2, 0.25) is 5.02 Å². The fourth-order valence-electron chi connectivity index (χ4n) is 3.13. The Morgan fingerprint density at radius 1 is 1.14 bits per heavy atom. The third kappa shape index (κ3) is 3.01. The SMILES string of the molecule is O=C1C2ON=C(c3ncc(C(F)(F)F)cc3Cl)C2C(=O)N1Cc1ccccc1. The van der Waals surface area contributed by atoms with Gasteiger partial charge in [-0.3, -0.25) is 19.5 Å². The van der Waals surface area contributed by atoms with Gasteiger partial charge in [-0.1, -0.05) is 47.1 Å². The van der Waals surface area contributed by atoms with Crippen molar-refractivity contribution in [3.05, 3.63) is 64.4 Å². The van der Waals surface area contributed by atoms with E-state index >= 15 is 0 Å². The molecule has 1 fully saturated rings. The largest absolute Gasteiger partial charge is 0.417 e. The minimum Gasteiger partial charge on any atom is -0.381 e. The molecule has 2 aliphatic heterocycles. The highest BCUT2D eigenvalue weighted by molar-refractivity contribution is 6.35. The highest BCUT2D eigenvalue weighted by Gasteiger charge is 2.56. The van der Waals surface area contributed by atoms with Crippen molar-refractivity contribution in [1.29, 1.82) is 0 Å². The number of rotatable bonds is 3. The summed E-state index contributed by atoms with van der Waals surface area (Å²) in [6.07, 6.45) is -5.19. The molecule has 2 amide bonds. The zero-order valence-electron chi connectivity index (χ0n) is 14.0. The standard InChI is InChI=1S/C18H11ClF3N3O3/c19-11-6-10(18(20,21)22)7-23-13(11)14-12-15(28-24-14)17(27)25(16(12)26)8-9-4-2-1-3-5-9/h1-7,12,15H,8H2. The van der Waals surface area contributed by atoms with E-state index in [0.717, 1.165) is 10.5 Å². The van der Waals surface area contributed by atoms with E-state index in [-0.39, 0.29) is 23.0 Å². The van der Waals surface area contributed by atoms with E-state index in [4.69, 9.17) is 16.4 Å². The second-order valence-electron chi connectivity index (χ2n) is 6.28. The minimum absolute atomic E-state index is 0.0519. The van der Waals surface area contributed by atoms with E-state index in [1.54, 1.807) is 30.3 Å². The molecule has 0 saturated carbocycles. The zero-order valence-corrected chi connectivity index (χ0v) is 14.7. The molecule has 28 heavy (non-hydrogen) atoms. The van der Waals surface area contributed by atoms with E-state index in [1.165, 1.54) is 0 Å². The molecule has 1 saturated heterocycles. The van der Waals surface area contributed by atoms with Crippen molar-refractivity contribution in [1.82, 2.24) is 9.88 Å². The van der Waals surface area contributed by atoms with Gasteiger partial charge in [0.2, 0.25) is 12.0 Å². The number of amides is 2. The van der Waals surface area contributed by atoms with Crippen LogP contribution in [0.15, 0.2) is 47.8 Å². The number of oxime groups is 1. The first kappa shape index (κ1) is 18.4. The van der Waals surface area contributed by atoms with Crippen LogP contribution in [0, 0.1) is 5.92 Å². The van der Waals surface area contributed by atoms with Gasteiger partial charge in [0.25, 0.3) is 5.91 Å².